The molecule has 7 nitrogen and oxygen atoms in total. The van der Waals surface area contributed by atoms with E-state index in [4.69, 9.17) is 9.47 Å². The Morgan fingerprint density at radius 2 is 1.83 bits per heavy atom. The molecule has 0 bridgehead atoms. The van der Waals surface area contributed by atoms with Gasteiger partial charge in [-0.3, -0.25) is 14.2 Å². The van der Waals surface area contributed by atoms with Crippen LogP contribution in [-0.4, -0.2) is 29.7 Å². The zero-order valence-corrected chi connectivity index (χ0v) is 16.6. The van der Waals surface area contributed by atoms with Gasteiger partial charge in [0.1, 0.15) is 23.9 Å². The van der Waals surface area contributed by atoms with Gasteiger partial charge in [0.25, 0.3) is 5.56 Å². The van der Waals surface area contributed by atoms with Crippen molar-refractivity contribution >= 4 is 11.6 Å². The van der Waals surface area contributed by atoms with E-state index >= 15 is 0 Å². The molecular weight excluding hydrogens is 370 g/mol. The maximum atomic E-state index is 12.7. The van der Waals surface area contributed by atoms with Crippen LogP contribution in [0.5, 0.6) is 11.5 Å². The Morgan fingerprint density at radius 1 is 1.07 bits per heavy atom. The summed E-state index contributed by atoms with van der Waals surface area (Å²) in [7, 11) is 3.06. The minimum Gasteiger partial charge on any atom is -0.497 e. The summed E-state index contributed by atoms with van der Waals surface area (Å²) in [6.07, 6.45) is 0.630. The molecule has 3 aromatic rings. The number of amides is 1. The number of hydrogen-bond donors (Lipinski definition) is 1. The smallest absolute Gasteiger partial charge is 0.254 e. The first-order valence-electron chi connectivity index (χ1n) is 9.23. The molecule has 0 spiro atoms. The minimum absolute atomic E-state index is 0.171. The third-order valence-electron chi connectivity index (χ3n) is 4.44. The monoisotopic (exact) mass is 393 g/mol. The van der Waals surface area contributed by atoms with E-state index in [2.05, 4.69) is 10.3 Å². The first-order valence-corrected chi connectivity index (χ1v) is 9.23. The van der Waals surface area contributed by atoms with Crippen LogP contribution in [0.1, 0.15) is 12.6 Å². The van der Waals surface area contributed by atoms with Gasteiger partial charge in [-0.1, -0.05) is 37.3 Å². The normalized spacial score (nSPS) is 10.4. The molecule has 7 heteroatoms. The van der Waals surface area contributed by atoms with Crippen molar-refractivity contribution in [3.63, 3.8) is 0 Å². The van der Waals surface area contributed by atoms with Gasteiger partial charge in [0.15, 0.2) is 0 Å². The van der Waals surface area contributed by atoms with E-state index in [9.17, 15) is 9.59 Å². The zero-order valence-electron chi connectivity index (χ0n) is 16.6. The fraction of sp³-hybridized carbons (Fsp3) is 0.227. The maximum absolute atomic E-state index is 12.7. The second-order valence-electron chi connectivity index (χ2n) is 6.33. The molecule has 0 fully saturated rings. The highest BCUT2D eigenvalue weighted by atomic mass is 16.5. The number of carbonyl (C=O) groups is 1. The predicted octanol–water partition coefficient (Wildman–Crippen LogP) is 3.13. The second-order valence-corrected chi connectivity index (χ2v) is 6.33. The molecule has 0 aliphatic carbocycles. The van der Waals surface area contributed by atoms with Crippen LogP contribution < -0.4 is 20.3 Å². The first kappa shape index (κ1) is 20.1. The number of nitrogens with zero attached hydrogens (tertiary/aromatic N) is 2. The van der Waals surface area contributed by atoms with E-state index in [0.717, 1.165) is 5.56 Å². The quantitative estimate of drug-likeness (QED) is 0.667. The number of benzene rings is 2. The van der Waals surface area contributed by atoms with Gasteiger partial charge in [0, 0.05) is 23.4 Å². The Balaban J connectivity index is 1.92. The lowest BCUT2D eigenvalue weighted by molar-refractivity contribution is -0.116. The predicted molar refractivity (Wildman–Crippen MR) is 111 cm³/mol. The van der Waals surface area contributed by atoms with Gasteiger partial charge < -0.3 is 14.8 Å². The van der Waals surface area contributed by atoms with Crippen molar-refractivity contribution in [2.24, 2.45) is 0 Å². The SMILES string of the molecule is CCc1cc(=O)n(CC(=O)Nc2ccc(OC)cc2OC)c(-c2ccccc2)n1. The molecule has 0 aliphatic heterocycles. The number of hydrogen-bond acceptors (Lipinski definition) is 5. The van der Waals surface area contributed by atoms with Gasteiger partial charge >= 0.3 is 0 Å². The first-order chi connectivity index (χ1) is 14.0. The van der Waals surface area contributed by atoms with Crippen molar-refractivity contribution < 1.29 is 14.3 Å². The molecule has 0 atom stereocenters. The van der Waals surface area contributed by atoms with Gasteiger partial charge in [0.2, 0.25) is 5.91 Å². The van der Waals surface area contributed by atoms with Crippen LogP contribution >= 0.6 is 0 Å². The molecule has 3 rings (SSSR count). The van der Waals surface area contributed by atoms with E-state index < -0.39 is 0 Å². The van der Waals surface area contributed by atoms with E-state index in [-0.39, 0.29) is 18.0 Å². The average Bonchev–Trinajstić information content (AvgIpc) is 2.75. The molecule has 0 aliphatic rings. The fourth-order valence-corrected chi connectivity index (χ4v) is 2.93. The van der Waals surface area contributed by atoms with Crippen molar-refractivity contribution in [3.8, 4) is 22.9 Å². The second kappa shape index (κ2) is 9.05. The summed E-state index contributed by atoms with van der Waals surface area (Å²) in [4.78, 5) is 30.0. The number of aromatic nitrogens is 2. The number of anilines is 1. The maximum Gasteiger partial charge on any atom is 0.254 e. The highest BCUT2D eigenvalue weighted by Gasteiger charge is 2.15. The van der Waals surface area contributed by atoms with Crippen LogP contribution in [0.15, 0.2) is 59.4 Å². The average molecular weight is 393 g/mol. The van der Waals surface area contributed by atoms with Crippen LogP contribution in [0.3, 0.4) is 0 Å². The van der Waals surface area contributed by atoms with E-state index in [1.807, 2.05) is 37.3 Å². The number of aryl methyl sites for hydroxylation is 1. The molecule has 1 aromatic heterocycles. The number of carbonyl (C=O) groups excluding carboxylic acids is 1. The number of nitrogens with one attached hydrogen (secondary N) is 1. The number of rotatable bonds is 7. The summed E-state index contributed by atoms with van der Waals surface area (Å²) < 4.78 is 11.9. The summed E-state index contributed by atoms with van der Waals surface area (Å²) in [5.41, 5.74) is 1.68. The Bertz CT molecular complexity index is 1060. The van der Waals surface area contributed by atoms with Crippen LogP contribution in [-0.2, 0) is 17.8 Å². The lowest BCUT2D eigenvalue weighted by Crippen LogP contribution is -2.30. The summed E-state index contributed by atoms with van der Waals surface area (Å²) >= 11 is 0. The van der Waals surface area contributed by atoms with Crippen LogP contribution in [0.4, 0.5) is 5.69 Å². The largest absolute Gasteiger partial charge is 0.497 e. The molecular formula is C22H23N3O4. The van der Waals surface area contributed by atoms with Gasteiger partial charge in [-0.25, -0.2) is 4.98 Å². The van der Waals surface area contributed by atoms with E-state index in [0.29, 0.717) is 35.1 Å². The molecule has 1 heterocycles. The standard InChI is InChI=1S/C22H23N3O4/c1-4-16-12-21(27)25(22(23-16)15-8-6-5-7-9-15)14-20(26)24-18-11-10-17(28-2)13-19(18)29-3/h5-13H,4,14H2,1-3H3,(H,24,26). The summed E-state index contributed by atoms with van der Waals surface area (Å²) in [6.45, 7) is 1.76. The zero-order chi connectivity index (χ0) is 20.8. The van der Waals surface area contributed by atoms with Gasteiger partial charge in [-0.05, 0) is 18.6 Å². The minimum atomic E-state index is -0.362. The van der Waals surface area contributed by atoms with Crippen molar-refractivity contribution in [1.29, 1.82) is 0 Å². The Morgan fingerprint density at radius 3 is 2.48 bits per heavy atom. The summed E-state index contributed by atoms with van der Waals surface area (Å²) in [6, 6.07) is 15.9. The van der Waals surface area contributed by atoms with Gasteiger partial charge in [0.05, 0.1) is 19.9 Å². The molecule has 0 saturated carbocycles. The van der Waals surface area contributed by atoms with Crippen molar-refractivity contribution in [2.45, 2.75) is 19.9 Å². The lowest BCUT2D eigenvalue weighted by atomic mass is 10.2. The van der Waals surface area contributed by atoms with Crippen molar-refractivity contribution in [2.75, 3.05) is 19.5 Å². The Kier molecular flexibility index (Phi) is 6.29. The van der Waals surface area contributed by atoms with E-state index in [1.165, 1.54) is 17.7 Å². The Hall–Kier alpha value is -3.61. The van der Waals surface area contributed by atoms with Crippen LogP contribution in [0, 0.1) is 0 Å². The number of methoxy groups -OCH3 is 2. The third kappa shape index (κ3) is 4.63. The highest BCUT2D eigenvalue weighted by Crippen LogP contribution is 2.29. The van der Waals surface area contributed by atoms with Gasteiger partial charge in [-0.15, -0.1) is 0 Å². The number of ether oxygens (including phenoxy) is 2. The topological polar surface area (TPSA) is 82.5 Å². The highest BCUT2D eigenvalue weighted by molar-refractivity contribution is 5.92. The summed E-state index contributed by atoms with van der Waals surface area (Å²) in [5, 5.41) is 2.79. The molecule has 29 heavy (non-hydrogen) atoms. The van der Waals surface area contributed by atoms with E-state index in [1.54, 1.807) is 25.3 Å². The van der Waals surface area contributed by atoms with Crippen LogP contribution in [0.2, 0.25) is 0 Å². The molecule has 150 valence electrons. The molecule has 1 amide bonds. The molecule has 0 radical (unpaired) electrons. The van der Waals surface area contributed by atoms with Crippen molar-refractivity contribution in [1.82, 2.24) is 9.55 Å². The molecule has 2 aromatic carbocycles. The Labute approximate surface area is 168 Å². The molecule has 0 unspecified atom stereocenters. The molecule has 0 saturated heterocycles. The van der Waals surface area contributed by atoms with Crippen molar-refractivity contribution in [3.05, 3.63) is 70.6 Å². The van der Waals surface area contributed by atoms with Gasteiger partial charge in [-0.2, -0.15) is 0 Å². The summed E-state index contributed by atoms with van der Waals surface area (Å²) in [5.74, 6) is 1.18. The molecule has 1 N–H and O–H groups in total. The van der Waals surface area contributed by atoms with Crippen LogP contribution in [0.25, 0.3) is 11.4 Å². The lowest BCUT2D eigenvalue weighted by Gasteiger charge is -2.15. The fourth-order valence-electron chi connectivity index (χ4n) is 2.93. The third-order valence-corrected chi connectivity index (χ3v) is 4.44.